The number of anilines is 1. The van der Waals surface area contributed by atoms with Crippen LogP contribution in [0.4, 0.5) is 23.2 Å². The fourth-order valence-corrected chi connectivity index (χ4v) is 6.43. The van der Waals surface area contributed by atoms with Crippen LogP contribution < -0.4 is 5.32 Å². The number of carbonyl (C=O) groups excluding carboxylic acids is 2. The van der Waals surface area contributed by atoms with Crippen molar-refractivity contribution >= 4 is 27.6 Å². The molecule has 1 aliphatic heterocycles. The Kier molecular flexibility index (Phi) is 8.37. The first-order valence-electron chi connectivity index (χ1n) is 11.7. The Hall–Kier alpha value is -2.93. The fourth-order valence-electron chi connectivity index (χ4n) is 4.45. The Morgan fingerprint density at radius 1 is 1.16 bits per heavy atom. The normalized spacial score (nSPS) is 17.0. The molecule has 1 amide bonds. The molecule has 0 aliphatic carbocycles. The maximum Gasteiger partial charge on any atom is 0.406 e. The highest BCUT2D eigenvalue weighted by Crippen LogP contribution is 2.34. The predicted octanol–water partition coefficient (Wildman–Crippen LogP) is 4.33. The zero-order valence-corrected chi connectivity index (χ0v) is 21.7. The van der Waals surface area contributed by atoms with E-state index in [0.717, 1.165) is 14.9 Å². The molecule has 2 aromatic rings. The maximum atomic E-state index is 13.9. The molecule has 13 heteroatoms. The first kappa shape index (κ1) is 28.6. The first-order valence-corrected chi connectivity index (χ1v) is 13.1. The summed E-state index contributed by atoms with van der Waals surface area (Å²) >= 11 is 0. The van der Waals surface area contributed by atoms with Crippen LogP contribution in [-0.2, 0) is 26.1 Å². The van der Waals surface area contributed by atoms with Gasteiger partial charge in [0.25, 0.3) is 0 Å². The predicted molar refractivity (Wildman–Crippen MR) is 127 cm³/mol. The summed E-state index contributed by atoms with van der Waals surface area (Å²) in [5.74, 6) is -2.87. The summed E-state index contributed by atoms with van der Waals surface area (Å²) in [4.78, 5) is 25.0. The molecule has 2 heterocycles. The highest BCUT2D eigenvalue weighted by atomic mass is 32.2. The van der Waals surface area contributed by atoms with Gasteiger partial charge in [0.15, 0.2) is 0 Å². The number of ether oxygens (including phenoxy) is 1. The number of sulfonamides is 1. The van der Waals surface area contributed by atoms with Crippen LogP contribution >= 0.6 is 0 Å². The molecule has 1 aromatic heterocycles. The van der Waals surface area contributed by atoms with E-state index in [1.807, 2.05) is 0 Å². The van der Waals surface area contributed by atoms with Gasteiger partial charge >= 0.3 is 12.1 Å². The molecule has 0 radical (unpaired) electrons. The number of nitrogens with one attached hydrogen (secondary N) is 1. The van der Waals surface area contributed by atoms with Gasteiger partial charge in [0.1, 0.15) is 22.8 Å². The van der Waals surface area contributed by atoms with Crippen molar-refractivity contribution in [3.05, 3.63) is 46.5 Å². The summed E-state index contributed by atoms with van der Waals surface area (Å²) in [5, 5.41) is 2.58. The van der Waals surface area contributed by atoms with Gasteiger partial charge < -0.3 is 14.6 Å². The number of aryl methyl sites for hydroxylation is 1. The third-order valence-corrected chi connectivity index (χ3v) is 8.36. The molecule has 8 nitrogen and oxygen atoms in total. The molecule has 0 unspecified atom stereocenters. The van der Waals surface area contributed by atoms with Crippen molar-refractivity contribution in [3.63, 3.8) is 0 Å². The molecule has 204 valence electrons. The van der Waals surface area contributed by atoms with Gasteiger partial charge in [-0.1, -0.05) is 6.07 Å². The number of halogens is 4. The van der Waals surface area contributed by atoms with Gasteiger partial charge in [-0.25, -0.2) is 17.6 Å². The minimum atomic E-state index is -4.66. The maximum absolute atomic E-state index is 13.9. The van der Waals surface area contributed by atoms with Gasteiger partial charge in [0.05, 0.1) is 12.5 Å². The zero-order valence-electron chi connectivity index (χ0n) is 20.9. The number of rotatable bonds is 7. The van der Waals surface area contributed by atoms with E-state index in [2.05, 4.69) is 5.32 Å². The molecule has 1 fully saturated rings. The number of nitrogens with zero attached hydrogens (tertiary/aromatic N) is 2. The van der Waals surface area contributed by atoms with Crippen LogP contribution in [0.2, 0.25) is 0 Å². The summed E-state index contributed by atoms with van der Waals surface area (Å²) in [6.07, 6.45) is -4.01. The highest BCUT2D eigenvalue weighted by molar-refractivity contribution is 7.89. The summed E-state index contributed by atoms with van der Waals surface area (Å²) in [5.41, 5.74) is -0.272. The number of hydrogen-bond donors (Lipinski definition) is 1. The molecular weight excluding hydrogens is 518 g/mol. The lowest BCUT2D eigenvalue weighted by Crippen LogP contribution is -2.44. The fraction of sp³-hybridized carbons (Fsp3) is 0.500. The number of piperidine rings is 1. The van der Waals surface area contributed by atoms with Crippen LogP contribution in [0, 0.1) is 32.5 Å². The van der Waals surface area contributed by atoms with E-state index >= 15 is 0 Å². The summed E-state index contributed by atoms with van der Waals surface area (Å²) in [6, 6.07) is 4.18. The van der Waals surface area contributed by atoms with E-state index in [9.17, 15) is 35.6 Å². The number of carbonyl (C=O) groups is 2. The topological polar surface area (TPSA) is 97.7 Å². The Bertz CT molecular complexity index is 1300. The molecule has 1 aliphatic rings. The molecule has 0 spiro atoms. The molecule has 0 bridgehead atoms. The van der Waals surface area contributed by atoms with Crippen LogP contribution in [0.25, 0.3) is 0 Å². The van der Waals surface area contributed by atoms with Crippen LogP contribution in [0.3, 0.4) is 0 Å². The Morgan fingerprint density at radius 2 is 1.84 bits per heavy atom. The summed E-state index contributed by atoms with van der Waals surface area (Å²) in [6.45, 7) is 3.67. The second kappa shape index (κ2) is 10.8. The third kappa shape index (κ3) is 6.15. The third-order valence-electron chi connectivity index (χ3n) is 6.34. The molecule has 1 atom stereocenters. The number of aromatic nitrogens is 1. The Morgan fingerprint density at radius 3 is 2.43 bits per heavy atom. The molecular formula is C24H29F4N3O5S. The van der Waals surface area contributed by atoms with E-state index in [-0.39, 0.29) is 36.8 Å². The number of esters is 1. The van der Waals surface area contributed by atoms with E-state index in [1.165, 1.54) is 32.9 Å². The molecule has 3 rings (SSSR count). The van der Waals surface area contributed by atoms with Crippen molar-refractivity contribution < 1.29 is 40.3 Å². The molecule has 1 saturated heterocycles. The molecule has 1 aromatic carbocycles. The van der Waals surface area contributed by atoms with Crippen LogP contribution in [0.5, 0.6) is 0 Å². The minimum Gasteiger partial charge on any atom is -0.462 e. The van der Waals surface area contributed by atoms with Crippen LogP contribution in [0.15, 0.2) is 23.1 Å². The SMILES string of the molecule is CCOC(=O)c1c(S(=O)(=O)N2CCC[C@H](C(=O)Nc3ccc(C)c(F)c3)C2)c(C)n(CC(F)(F)F)c1C. The standard InChI is InChI=1S/C24H29F4N3O5S/c1-5-36-23(33)20-15(3)31(13-24(26,27)28)16(4)21(20)37(34,35)30-10-6-7-17(12-30)22(32)29-18-9-8-14(2)19(25)11-18/h8-9,11,17H,5-7,10,12-13H2,1-4H3,(H,29,32)/t17-/m0/s1. The number of alkyl halides is 3. The lowest BCUT2D eigenvalue weighted by Gasteiger charge is -2.31. The van der Waals surface area contributed by atoms with E-state index < -0.39 is 56.8 Å². The number of benzene rings is 1. The lowest BCUT2D eigenvalue weighted by atomic mass is 9.98. The van der Waals surface area contributed by atoms with Gasteiger partial charge in [0, 0.05) is 30.2 Å². The average Bonchev–Trinajstić information content (AvgIpc) is 3.06. The molecule has 1 N–H and O–H groups in total. The lowest BCUT2D eigenvalue weighted by molar-refractivity contribution is -0.141. The monoisotopic (exact) mass is 547 g/mol. The second-order valence-corrected chi connectivity index (χ2v) is 10.8. The van der Waals surface area contributed by atoms with E-state index in [0.29, 0.717) is 18.4 Å². The number of amides is 1. The van der Waals surface area contributed by atoms with Crippen molar-refractivity contribution in [2.45, 2.75) is 58.2 Å². The summed E-state index contributed by atoms with van der Waals surface area (Å²) < 4.78 is 87.7. The van der Waals surface area contributed by atoms with Gasteiger partial charge in [-0.2, -0.15) is 17.5 Å². The largest absolute Gasteiger partial charge is 0.462 e. The van der Waals surface area contributed by atoms with Gasteiger partial charge in [-0.05, 0) is 58.2 Å². The Balaban J connectivity index is 1.95. The van der Waals surface area contributed by atoms with Gasteiger partial charge in [-0.3, -0.25) is 4.79 Å². The quantitative estimate of drug-likeness (QED) is 0.411. The first-order chi connectivity index (χ1) is 17.2. The van der Waals surface area contributed by atoms with Crippen LogP contribution in [0.1, 0.15) is 47.1 Å². The highest BCUT2D eigenvalue weighted by Gasteiger charge is 2.41. The smallest absolute Gasteiger partial charge is 0.406 e. The van der Waals surface area contributed by atoms with Crippen molar-refractivity contribution in [1.29, 1.82) is 0 Å². The van der Waals surface area contributed by atoms with Gasteiger partial charge in [-0.15, -0.1) is 0 Å². The van der Waals surface area contributed by atoms with Crippen molar-refractivity contribution in [1.82, 2.24) is 8.87 Å². The number of hydrogen-bond acceptors (Lipinski definition) is 5. The average molecular weight is 548 g/mol. The van der Waals surface area contributed by atoms with E-state index in [4.69, 9.17) is 4.74 Å². The molecule has 0 saturated carbocycles. The van der Waals surface area contributed by atoms with Gasteiger partial charge in [0.2, 0.25) is 15.9 Å². The summed E-state index contributed by atoms with van der Waals surface area (Å²) in [7, 11) is -4.49. The molecule has 37 heavy (non-hydrogen) atoms. The van der Waals surface area contributed by atoms with Crippen molar-refractivity contribution in [2.24, 2.45) is 5.92 Å². The van der Waals surface area contributed by atoms with Crippen molar-refractivity contribution in [2.75, 3.05) is 25.0 Å². The minimum absolute atomic E-state index is 0.0104. The van der Waals surface area contributed by atoms with E-state index in [1.54, 1.807) is 6.92 Å². The second-order valence-electron chi connectivity index (χ2n) is 8.95. The Labute approximate surface area is 212 Å². The van der Waals surface area contributed by atoms with Crippen LogP contribution in [-0.4, -0.2) is 55.0 Å². The van der Waals surface area contributed by atoms with Crippen molar-refractivity contribution in [3.8, 4) is 0 Å². The zero-order chi connectivity index (χ0) is 27.7.